The van der Waals surface area contributed by atoms with Crippen molar-refractivity contribution in [3.8, 4) is 17.4 Å². The summed E-state index contributed by atoms with van der Waals surface area (Å²) in [7, 11) is 0. The van der Waals surface area contributed by atoms with E-state index in [0.717, 1.165) is 5.56 Å². The topological polar surface area (TPSA) is 88.8 Å². The number of hydrogen-bond acceptors (Lipinski definition) is 6. The monoisotopic (exact) mass is 413 g/mol. The van der Waals surface area contributed by atoms with Crippen molar-refractivity contribution in [1.82, 2.24) is 9.55 Å². The number of aromatic nitrogens is 2. The lowest BCUT2D eigenvalue weighted by molar-refractivity contribution is 0.174. The maximum absolute atomic E-state index is 13.1. The number of halogens is 1. The molecule has 2 N–H and O–H groups in total. The Balaban J connectivity index is 1.58. The van der Waals surface area contributed by atoms with Gasteiger partial charge in [0.05, 0.1) is 13.1 Å². The fourth-order valence-electron chi connectivity index (χ4n) is 2.89. The molecule has 0 radical (unpaired) electrons. The summed E-state index contributed by atoms with van der Waals surface area (Å²) in [4.78, 5) is 19.0. The molecule has 1 aromatic heterocycles. The summed E-state index contributed by atoms with van der Waals surface area (Å²) < 4.78 is 25.1. The summed E-state index contributed by atoms with van der Waals surface area (Å²) in [6.07, 6.45) is 1.30. The molecule has 7 nitrogen and oxygen atoms in total. The highest BCUT2D eigenvalue weighted by molar-refractivity contribution is 7.71. The maximum atomic E-state index is 13.1. The Bertz CT molecular complexity index is 1200. The van der Waals surface area contributed by atoms with Crippen LogP contribution in [0.5, 0.6) is 17.4 Å². The summed E-state index contributed by atoms with van der Waals surface area (Å²) in [5.41, 5.74) is 1.02. The van der Waals surface area contributed by atoms with Crippen LogP contribution in [0.25, 0.3) is 0 Å². The van der Waals surface area contributed by atoms with Gasteiger partial charge in [0.25, 0.3) is 5.56 Å². The van der Waals surface area contributed by atoms with Gasteiger partial charge in [-0.25, -0.2) is 4.39 Å². The predicted octanol–water partition coefficient (Wildman–Crippen LogP) is 3.15. The first-order valence-corrected chi connectivity index (χ1v) is 9.11. The van der Waals surface area contributed by atoms with Gasteiger partial charge in [-0.05, 0) is 47.6 Å². The SMILES string of the molecule is O=c1[nH]c(=S)n(Cc2ccc(F)cc2)c(O)c1C=NCc1ccc2c(c1)OCO2. The molecule has 2 heterocycles. The highest BCUT2D eigenvalue weighted by Crippen LogP contribution is 2.32. The van der Waals surface area contributed by atoms with Crippen LogP contribution in [0.1, 0.15) is 16.7 Å². The molecular formula is C20H16FN3O4S. The van der Waals surface area contributed by atoms with Gasteiger partial charge in [-0.2, -0.15) is 0 Å². The van der Waals surface area contributed by atoms with Gasteiger partial charge in [0.1, 0.15) is 11.4 Å². The third-order valence-corrected chi connectivity index (χ3v) is 4.71. The molecule has 29 heavy (non-hydrogen) atoms. The van der Waals surface area contributed by atoms with Crippen LogP contribution in [0.4, 0.5) is 4.39 Å². The smallest absolute Gasteiger partial charge is 0.264 e. The van der Waals surface area contributed by atoms with E-state index < -0.39 is 5.56 Å². The van der Waals surface area contributed by atoms with E-state index in [0.29, 0.717) is 17.1 Å². The first-order chi connectivity index (χ1) is 14.0. The van der Waals surface area contributed by atoms with Crippen LogP contribution in [0.3, 0.4) is 0 Å². The van der Waals surface area contributed by atoms with Crippen molar-refractivity contribution in [2.45, 2.75) is 13.1 Å². The molecule has 0 unspecified atom stereocenters. The standard InChI is InChI=1S/C20H16FN3O4S/c21-14-4-1-12(2-5-14)10-24-19(26)15(18(25)23-20(24)29)9-22-8-13-3-6-16-17(7-13)28-11-27-16/h1-7,9,26H,8,10-11H2,(H,23,25,29). The van der Waals surface area contributed by atoms with Gasteiger partial charge in [0.15, 0.2) is 16.3 Å². The molecule has 0 saturated carbocycles. The van der Waals surface area contributed by atoms with Crippen LogP contribution < -0.4 is 15.0 Å². The Labute approximate surface area is 169 Å². The summed E-state index contributed by atoms with van der Waals surface area (Å²) in [5, 5.41) is 10.6. The summed E-state index contributed by atoms with van der Waals surface area (Å²) in [6, 6.07) is 11.2. The molecule has 0 bridgehead atoms. The highest BCUT2D eigenvalue weighted by Gasteiger charge is 2.14. The second kappa shape index (κ2) is 7.88. The van der Waals surface area contributed by atoms with E-state index in [1.807, 2.05) is 12.1 Å². The minimum atomic E-state index is -0.544. The molecule has 0 saturated heterocycles. The van der Waals surface area contributed by atoms with Crippen LogP contribution >= 0.6 is 12.2 Å². The average Bonchev–Trinajstić information content (AvgIpc) is 3.17. The third-order valence-electron chi connectivity index (χ3n) is 4.39. The molecule has 0 aliphatic carbocycles. The van der Waals surface area contributed by atoms with Crippen LogP contribution in [0, 0.1) is 10.6 Å². The van der Waals surface area contributed by atoms with E-state index in [4.69, 9.17) is 21.7 Å². The number of hydrogen-bond donors (Lipinski definition) is 2. The largest absolute Gasteiger partial charge is 0.494 e. The van der Waals surface area contributed by atoms with Crippen molar-refractivity contribution in [3.63, 3.8) is 0 Å². The van der Waals surface area contributed by atoms with Crippen LogP contribution in [0.2, 0.25) is 0 Å². The molecule has 3 aromatic rings. The number of nitrogens with one attached hydrogen (secondary N) is 1. The molecular weight excluding hydrogens is 397 g/mol. The molecule has 0 spiro atoms. The van der Waals surface area contributed by atoms with Crippen molar-refractivity contribution >= 4 is 18.4 Å². The lowest BCUT2D eigenvalue weighted by atomic mass is 10.2. The Hall–Kier alpha value is -3.46. The maximum Gasteiger partial charge on any atom is 0.264 e. The van der Waals surface area contributed by atoms with E-state index >= 15 is 0 Å². The summed E-state index contributed by atoms with van der Waals surface area (Å²) in [5.74, 6) is 0.651. The predicted molar refractivity (Wildman–Crippen MR) is 107 cm³/mol. The molecule has 1 aliphatic rings. The van der Waals surface area contributed by atoms with Crippen LogP contribution in [-0.2, 0) is 13.1 Å². The number of ether oxygens (including phenoxy) is 2. The van der Waals surface area contributed by atoms with Crippen molar-refractivity contribution in [3.05, 3.63) is 80.1 Å². The lowest BCUT2D eigenvalue weighted by Crippen LogP contribution is -2.19. The highest BCUT2D eigenvalue weighted by atomic mass is 32.1. The molecule has 2 aromatic carbocycles. The fourth-order valence-corrected chi connectivity index (χ4v) is 3.14. The second-order valence-corrected chi connectivity index (χ2v) is 6.75. The van der Waals surface area contributed by atoms with Gasteiger partial charge in [0, 0.05) is 6.21 Å². The summed E-state index contributed by atoms with van der Waals surface area (Å²) >= 11 is 5.15. The normalized spacial score (nSPS) is 12.6. The molecule has 0 fully saturated rings. The van der Waals surface area contributed by atoms with Crippen molar-refractivity contribution in [2.24, 2.45) is 4.99 Å². The molecule has 4 rings (SSSR count). The summed E-state index contributed by atoms with van der Waals surface area (Å²) in [6.45, 7) is 0.640. The number of benzene rings is 2. The zero-order chi connectivity index (χ0) is 20.4. The zero-order valence-electron chi connectivity index (χ0n) is 15.1. The number of aromatic amines is 1. The number of fused-ring (bicyclic) bond motifs is 1. The average molecular weight is 413 g/mol. The van der Waals surface area contributed by atoms with Gasteiger partial charge in [-0.1, -0.05) is 18.2 Å². The van der Waals surface area contributed by atoms with Crippen molar-refractivity contribution in [1.29, 1.82) is 0 Å². The van der Waals surface area contributed by atoms with E-state index in [9.17, 15) is 14.3 Å². The first-order valence-electron chi connectivity index (χ1n) is 8.70. The number of rotatable bonds is 5. The number of H-pyrrole nitrogens is 1. The Kier molecular flexibility index (Phi) is 5.13. The Morgan fingerprint density at radius 3 is 2.69 bits per heavy atom. The van der Waals surface area contributed by atoms with Crippen LogP contribution in [0.15, 0.2) is 52.3 Å². The molecule has 9 heteroatoms. The third kappa shape index (κ3) is 4.04. The minimum absolute atomic E-state index is 0.0125. The van der Waals surface area contributed by atoms with Crippen molar-refractivity contribution < 1.29 is 19.0 Å². The fraction of sp³-hybridized carbons (Fsp3) is 0.150. The van der Waals surface area contributed by atoms with Gasteiger partial charge in [0.2, 0.25) is 12.7 Å². The second-order valence-electron chi connectivity index (χ2n) is 6.37. The van der Waals surface area contributed by atoms with E-state index in [1.165, 1.54) is 22.9 Å². The Morgan fingerprint density at radius 1 is 1.17 bits per heavy atom. The molecule has 0 amide bonds. The quantitative estimate of drug-likeness (QED) is 0.496. The van der Waals surface area contributed by atoms with E-state index in [1.54, 1.807) is 18.2 Å². The number of aliphatic imine (C=N–C) groups is 1. The Morgan fingerprint density at radius 2 is 1.90 bits per heavy atom. The lowest BCUT2D eigenvalue weighted by Gasteiger charge is -2.11. The van der Waals surface area contributed by atoms with Gasteiger partial charge >= 0.3 is 0 Å². The van der Waals surface area contributed by atoms with Crippen molar-refractivity contribution in [2.75, 3.05) is 6.79 Å². The van der Waals surface area contributed by atoms with Gasteiger partial charge in [-0.15, -0.1) is 0 Å². The van der Waals surface area contributed by atoms with Gasteiger partial charge in [-0.3, -0.25) is 19.3 Å². The van der Waals surface area contributed by atoms with E-state index in [-0.39, 0.29) is 41.9 Å². The number of aromatic hydroxyl groups is 1. The minimum Gasteiger partial charge on any atom is -0.494 e. The molecule has 148 valence electrons. The number of nitrogens with zero attached hydrogens (tertiary/aromatic N) is 2. The van der Waals surface area contributed by atoms with Gasteiger partial charge < -0.3 is 14.6 Å². The first kappa shape index (κ1) is 18.9. The van der Waals surface area contributed by atoms with Crippen LogP contribution in [-0.4, -0.2) is 27.7 Å². The molecule has 0 atom stereocenters. The zero-order valence-corrected chi connectivity index (χ0v) is 15.9. The molecule has 1 aliphatic heterocycles. The van der Waals surface area contributed by atoms with E-state index in [2.05, 4.69) is 9.98 Å².